The Labute approximate surface area is 131 Å². The lowest BCUT2D eigenvalue weighted by Gasteiger charge is -2.22. The Balaban J connectivity index is 2.89. The number of aliphatic hydroxyl groups is 2. The first-order valence-corrected chi connectivity index (χ1v) is 7.59. The minimum atomic E-state index is -0.760. The molecule has 120 valence electrons. The van der Waals surface area contributed by atoms with E-state index in [4.69, 9.17) is 21.1 Å². The van der Waals surface area contributed by atoms with E-state index in [0.717, 1.165) is 12.0 Å². The van der Waals surface area contributed by atoms with Gasteiger partial charge in [-0.15, -0.1) is 0 Å². The first-order valence-electron chi connectivity index (χ1n) is 7.22. The summed E-state index contributed by atoms with van der Waals surface area (Å²) in [6.45, 7) is 3.94. The summed E-state index contributed by atoms with van der Waals surface area (Å²) in [5, 5.41) is 20.5. The number of hydrogen-bond donors (Lipinski definition) is 2. The monoisotopic (exact) mass is 316 g/mol. The fourth-order valence-corrected chi connectivity index (χ4v) is 2.72. The van der Waals surface area contributed by atoms with Gasteiger partial charge in [-0.3, -0.25) is 0 Å². The average Bonchev–Trinajstić information content (AvgIpc) is 2.46. The third kappa shape index (κ3) is 4.77. The number of ether oxygens (including phenoxy) is 2. The summed E-state index contributed by atoms with van der Waals surface area (Å²) < 4.78 is 10.5. The van der Waals surface area contributed by atoms with Gasteiger partial charge in [0.05, 0.1) is 26.4 Å². The van der Waals surface area contributed by atoms with Crippen LogP contribution in [-0.2, 0) is 0 Å². The molecule has 1 rings (SSSR count). The second-order valence-corrected chi connectivity index (χ2v) is 5.70. The summed E-state index contributed by atoms with van der Waals surface area (Å²) in [5.41, 5.74) is 0.872. The van der Waals surface area contributed by atoms with E-state index in [-0.39, 0.29) is 5.92 Å². The zero-order chi connectivity index (χ0) is 16.0. The second kappa shape index (κ2) is 8.47. The Hall–Kier alpha value is -0.970. The van der Waals surface area contributed by atoms with Gasteiger partial charge >= 0.3 is 0 Å². The van der Waals surface area contributed by atoms with Crippen molar-refractivity contribution in [2.45, 2.75) is 51.2 Å². The molecule has 0 aliphatic carbocycles. The van der Waals surface area contributed by atoms with E-state index in [1.165, 1.54) is 0 Å². The molecule has 5 heteroatoms. The minimum absolute atomic E-state index is 0.00110. The van der Waals surface area contributed by atoms with Crippen molar-refractivity contribution in [2.24, 2.45) is 0 Å². The predicted molar refractivity (Wildman–Crippen MR) is 84.5 cm³/mol. The van der Waals surface area contributed by atoms with E-state index < -0.39 is 12.2 Å². The van der Waals surface area contributed by atoms with Gasteiger partial charge in [-0.05, 0) is 30.4 Å². The molecule has 0 spiro atoms. The fourth-order valence-electron chi connectivity index (χ4n) is 2.38. The highest BCUT2D eigenvalue weighted by Gasteiger charge is 2.22. The molecule has 4 nitrogen and oxygen atoms in total. The SMILES string of the molecule is CCCC(O)C(O)CC(C)c1cc(OC)c(OC)cc1Cl. The summed E-state index contributed by atoms with van der Waals surface area (Å²) in [5.74, 6) is 1.18. The molecule has 2 N–H and O–H groups in total. The summed E-state index contributed by atoms with van der Waals surface area (Å²) in [6.07, 6.45) is 0.411. The molecule has 3 atom stereocenters. The molecular weight excluding hydrogens is 292 g/mol. The van der Waals surface area contributed by atoms with Crippen LogP contribution >= 0.6 is 11.6 Å². The summed E-state index contributed by atoms with van der Waals surface area (Å²) in [7, 11) is 3.13. The molecule has 0 fully saturated rings. The second-order valence-electron chi connectivity index (χ2n) is 5.29. The number of methoxy groups -OCH3 is 2. The highest BCUT2D eigenvalue weighted by Crippen LogP contribution is 2.37. The Bertz CT molecular complexity index is 450. The third-order valence-electron chi connectivity index (χ3n) is 3.66. The largest absolute Gasteiger partial charge is 0.493 e. The van der Waals surface area contributed by atoms with E-state index in [0.29, 0.717) is 29.4 Å². The van der Waals surface area contributed by atoms with Crippen molar-refractivity contribution >= 4 is 11.6 Å². The normalized spacial score (nSPS) is 15.4. The molecule has 0 aromatic heterocycles. The van der Waals surface area contributed by atoms with E-state index in [9.17, 15) is 10.2 Å². The molecule has 1 aromatic rings. The van der Waals surface area contributed by atoms with Crippen molar-refractivity contribution in [3.8, 4) is 11.5 Å². The maximum absolute atomic E-state index is 10.0. The van der Waals surface area contributed by atoms with Crippen LogP contribution in [0.2, 0.25) is 5.02 Å². The van der Waals surface area contributed by atoms with Gasteiger partial charge in [0.25, 0.3) is 0 Å². The van der Waals surface area contributed by atoms with Gasteiger partial charge in [-0.1, -0.05) is 31.9 Å². The zero-order valence-corrected chi connectivity index (χ0v) is 13.9. The fraction of sp³-hybridized carbons (Fsp3) is 0.625. The van der Waals surface area contributed by atoms with Crippen LogP contribution < -0.4 is 9.47 Å². The van der Waals surface area contributed by atoms with Crippen LogP contribution in [0.3, 0.4) is 0 Å². The maximum Gasteiger partial charge on any atom is 0.162 e. The van der Waals surface area contributed by atoms with Crippen molar-refractivity contribution in [3.63, 3.8) is 0 Å². The summed E-state index contributed by atoms with van der Waals surface area (Å²) in [6, 6.07) is 3.53. The highest BCUT2D eigenvalue weighted by molar-refractivity contribution is 6.31. The van der Waals surface area contributed by atoms with E-state index in [2.05, 4.69) is 0 Å². The van der Waals surface area contributed by atoms with Crippen LogP contribution in [0.1, 0.15) is 44.6 Å². The molecule has 0 heterocycles. The van der Waals surface area contributed by atoms with Crippen molar-refractivity contribution in [1.29, 1.82) is 0 Å². The molecular formula is C16H25ClO4. The van der Waals surface area contributed by atoms with Crippen molar-refractivity contribution in [2.75, 3.05) is 14.2 Å². The van der Waals surface area contributed by atoms with Gasteiger partial charge in [0, 0.05) is 11.1 Å². The Morgan fingerprint density at radius 1 is 1.10 bits per heavy atom. The van der Waals surface area contributed by atoms with Crippen LogP contribution in [0.5, 0.6) is 11.5 Å². The number of benzene rings is 1. The first kappa shape index (κ1) is 18.1. The summed E-state index contributed by atoms with van der Waals surface area (Å²) in [4.78, 5) is 0. The molecule has 0 radical (unpaired) electrons. The lowest BCUT2D eigenvalue weighted by atomic mass is 9.91. The van der Waals surface area contributed by atoms with Crippen LogP contribution in [0.15, 0.2) is 12.1 Å². The van der Waals surface area contributed by atoms with Crippen LogP contribution in [0.25, 0.3) is 0 Å². The van der Waals surface area contributed by atoms with Crippen LogP contribution in [0, 0.1) is 0 Å². The van der Waals surface area contributed by atoms with E-state index in [1.54, 1.807) is 20.3 Å². The van der Waals surface area contributed by atoms with Gasteiger partial charge in [0.1, 0.15) is 0 Å². The molecule has 0 aliphatic heterocycles. The van der Waals surface area contributed by atoms with Crippen molar-refractivity contribution < 1.29 is 19.7 Å². The van der Waals surface area contributed by atoms with Crippen LogP contribution in [0.4, 0.5) is 0 Å². The summed E-state index contributed by atoms with van der Waals surface area (Å²) >= 11 is 6.28. The average molecular weight is 317 g/mol. The number of rotatable bonds is 8. The molecule has 1 aromatic carbocycles. The Morgan fingerprint density at radius 2 is 1.67 bits per heavy atom. The molecule has 0 saturated carbocycles. The minimum Gasteiger partial charge on any atom is -0.493 e. The van der Waals surface area contributed by atoms with Crippen LogP contribution in [-0.4, -0.2) is 36.6 Å². The lowest BCUT2D eigenvalue weighted by Crippen LogP contribution is -2.27. The third-order valence-corrected chi connectivity index (χ3v) is 3.98. The van der Waals surface area contributed by atoms with Gasteiger partial charge < -0.3 is 19.7 Å². The molecule has 0 amide bonds. The number of hydrogen-bond acceptors (Lipinski definition) is 4. The first-order chi connectivity index (χ1) is 9.94. The predicted octanol–water partition coefficient (Wildman–Crippen LogP) is 3.37. The van der Waals surface area contributed by atoms with E-state index in [1.807, 2.05) is 19.9 Å². The number of halogens is 1. The molecule has 3 unspecified atom stereocenters. The molecule has 0 aliphatic rings. The van der Waals surface area contributed by atoms with Gasteiger partial charge in [-0.2, -0.15) is 0 Å². The van der Waals surface area contributed by atoms with Crippen molar-refractivity contribution in [3.05, 3.63) is 22.7 Å². The number of aliphatic hydroxyl groups excluding tert-OH is 2. The quantitative estimate of drug-likeness (QED) is 0.772. The zero-order valence-electron chi connectivity index (χ0n) is 13.1. The highest BCUT2D eigenvalue weighted by atomic mass is 35.5. The standard InChI is InChI=1S/C16H25ClO4/c1-5-6-13(18)14(19)7-10(2)11-8-15(20-3)16(21-4)9-12(11)17/h8-10,13-14,18-19H,5-7H2,1-4H3. The lowest BCUT2D eigenvalue weighted by molar-refractivity contribution is 0.00637. The van der Waals surface area contributed by atoms with Gasteiger partial charge in [0.2, 0.25) is 0 Å². The maximum atomic E-state index is 10.0. The van der Waals surface area contributed by atoms with Gasteiger partial charge in [0.15, 0.2) is 11.5 Å². The Kier molecular flexibility index (Phi) is 7.29. The molecule has 0 saturated heterocycles. The van der Waals surface area contributed by atoms with Crippen molar-refractivity contribution in [1.82, 2.24) is 0 Å². The molecule has 21 heavy (non-hydrogen) atoms. The topological polar surface area (TPSA) is 58.9 Å². The smallest absolute Gasteiger partial charge is 0.162 e. The molecule has 0 bridgehead atoms. The Morgan fingerprint density at radius 3 is 2.19 bits per heavy atom. The van der Waals surface area contributed by atoms with E-state index >= 15 is 0 Å². The van der Waals surface area contributed by atoms with Gasteiger partial charge in [-0.25, -0.2) is 0 Å².